The van der Waals surface area contributed by atoms with Crippen LogP contribution in [-0.4, -0.2) is 28.2 Å². The molecule has 1 fully saturated rings. The summed E-state index contributed by atoms with van der Waals surface area (Å²) >= 11 is 0. The van der Waals surface area contributed by atoms with Crippen molar-refractivity contribution in [2.24, 2.45) is 5.16 Å². The fourth-order valence-electron chi connectivity index (χ4n) is 2.76. The molecule has 3 rings (SSSR count). The predicted octanol–water partition coefficient (Wildman–Crippen LogP) is 2.15. The maximum absolute atomic E-state index is 12.2. The van der Waals surface area contributed by atoms with Gasteiger partial charge in [0, 0.05) is 18.0 Å². The third kappa shape index (κ3) is 2.66. The Bertz CT molecular complexity index is 652. The molecular formula is C15H17N3O4. The minimum Gasteiger partial charge on any atom is -0.382 e. The monoisotopic (exact) mass is 303 g/mol. The number of amides is 1. The lowest BCUT2D eigenvalue weighted by molar-refractivity contribution is -0.385. The second kappa shape index (κ2) is 5.40. The number of nitro benzene ring substituents is 1. The molecule has 2 aliphatic rings. The predicted molar refractivity (Wildman–Crippen MR) is 79.5 cm³/mol. The number of benzene rings is 1. The minimum absolute atomic E-state index is 0.0307. The van der Waals surface area contributed by atoms with E-state index in [-0.39, 0.29) is 23.6 Å². The van der Waals surface area contributed by atoms with E-state index in [0.29, 0.717) is 11.3 Å². The van der Waals surface area contributed by atoms with Crippen molar-refractivity contribution in [1.82, 2.24) is 5.32 Å². The van der Waals surface area contributed by atoms with Crippen LogP contribution in [0.25, 0.3) is 0 Å². The number of hydrogen-bond acceptors (Lipinski definition) is 5. The summed E-state index contributed by atoms with van der Waals surface area (Å²) in [5.74, 6) is -0.209. The summed E-state index contributed by atoms with van der Waals surface area (Å²) in [6.45, 7) is 2.01. The Kier molecular flexibility index (Phi) is 3.56. The summed E-state index contributed by atoms with van der Waals surface area (Å²) in [5, 5.41) is 17.9. The number of carbonyl (C=O) groups is 1. The summed E-state index contributed by atoms with van der Waals surface area (Å²) in [4.78, 5) is 28.0. The van der Waals surface area contributed by atoms with Crippen LogP contribution in [0.1, 0.15) is 38.2 Å². The molecule has 0 radical (unpaired) electrons. The number of nitrogens with one attached hydrogen (secondary N) is 1. The standard InChI is InChI=1S/C15H17N3O4/c1-15(7-4-8-15)16-14(19)13-9-11(17-22-13)10-5-2-3-6-12(10)18(20)21/h2-3,5-6,13H,4,7-9H2,1H3,(H,16,19)/t13-/m0/s1. The van der Waals surface area contributed by atoms with Gasteiger partial charge in [-0.05, 0) is 32.3 Å². The van der Waals surface area contributed by atoms with Gasteiger partial charge >= 0.3 is 0 Å². The molecule has 1 aliphatic heterocycles. The number of nitrogens with zero attached hydrogens (tertiary/aromatic N) is 2. The van der Waals surface area contributed by atoms with Crippen molar-refractivity contribution in [3.05, 3.63) is 39.9 Å². The van der Waals surface area contributed by atoms with Crippen molar-refractivity contribution in [1.29, 1.82) is 0 Å². The van der Waals surface area contributed by atoms with Crippen LogP contribution in [0.2, 0.25) is 0 Å². The van der Waals surface area contributed by atoms with E-state index in [0.717, 1.165) is 19.3 Å². The average molecular weight is 303 g/mol. The molecule has 1 amide bonds. The van der Waals surface area contributed by atoms with Crippen molar-refractivity contribution < 1.29 is 14.6 Å². The lowest BCUT2D eigenvalue weighted by atomic mass is 9.78. The summed E-state index contributed by atoms with van der Waals surface area (Å²) in [6, 6.07) is 6.34. The molecule has 0 bridgehead atoms. The van der Waals surface area contributed by atoms with Gasteiger partial charge in [-0.3, -0.25) is 14.9 Å². The van der Waals surface area contributed by atoms with Gasteiger partial charge in [-0.25, -0.2) is 0 Å². The number of nitro groups is 1. The Hall–Kier alpha value is -2.44. The van der Waals surface area contributed by atoms with Crippen LogP contribution in [0.4, 0.5) is 5.69 Å². The zero-order chi connectivity index (χ0) is 15.7. The molecule has 1 aromatic carbocycles. The third-order valence-corrected chi connectivity index (χ3v) is 4.26. The minimum atomic E-state index is -0.716. The van der Waals surface area contributed by atoms with Crippen LogP contribution in [0.5, 0.6) is 0 Å². The molecule has 1 heterocycles. The maximum Gasteiger partial charge on any atom is 0.278 e. The number of oxime groups is 1. The smallest absolute Gasteiger partial charge is 0.278 e. The van der Waals surface area contributed by atoms with E-state index in [9.17, 15) is 14.9 Å². The van der Waals surface area contributed by atoms with Gasteiger partial charge in [-0.15, -0.1) is 0 Å². The Morgan fingerprint density at radius 2 is 2.18 bits per heavy atom. The van der Waals surface area contributed by atoms with Gasteiger partial charge in [0.2, 0.25) is 6.10 Å². The molecule has 1 aliphatic carbocycles. The average Bonchev–Trinajstić information content (AvgIpc) is 2.95. The van der Waals surface area contributed by atoms with Crippen LogP contribution in [0.15, 0.2) is 29.4 Å². The summed E-state index contributed by atoms with van der Waals surface area (Å²) in [7, 11) is 0. The molecule has 0 aromatic heterocycles. The Morgan fingerprint density at radius 1 is 1.45 bits per heavy atom. The van der Waals surface area contributed by atoms with E-state index in [4.69, 9.17) is 4.84 Å². The van der Waals surface area contributed by atoms with E-state index in [1.807, 2.05) is 6.92 Å². The number of hydrogen-bond donors (Lipinski definition) is 1. The SMILES string of the molecule is CC1(NC(=O)[C@@H]2CC(c3ccccc3[N+](=O)[O-])=NO2)CCC1. The fraction of sp³-hybridized carbons (Fsp3) is 0.467. The lowest BCUT2D eigenvalue weighted by Crippen LogP contribution is -2.53. The van der Waals surface area contributed by atoms with Crippen LogP contribution in [0.3, 0.4) is 0 Å². The quantitative estimate of drug-likeness (QED) is 0.681. The Morgan fingerprint density at radius 3 is 2.82 bits per heavy atom. The summed E-state index contributed by atoms with van der Waals surface area (Å²) in [6.07, 6.45) is 2.56. The summed E-state index contributed by atoms with van der Waals surface area (Å²) < 4.78 is 0. The zero-order valence-corrected chi connectivity index (χ0v) is 12.2. The fourth-order valence-corrected chi connectivity index (χ4v) is 2.76. The highest BCUT2D eigenvalue weighted by Crippen LogP contribution is 2.31. The topological polar surface area (TPSA) is 93.8 Å². The van der Waals surface area contributed by atoms with Gasteiger partial charge in [0.25, 0.3) is 11.6 Å². The van der Waals surface area contributed by atoms with Crippen LogP contribution in [-0.2, 0) is 9.63 Å². The Labute approximate surface area is 127 Å². The van der Waals surface area contributed by atoms with Crippen LogP contribution >= 0.6 is 0 Å². The van der Waals surface area contributed by atoms with Crippen molar-refractivity contribution in [2.45, 2.75) is 44.2 Å². The first-order valence-corrected chi connectivity index (χ1v) is 7.27. The molecule has 22 heavy (non-hydrogen) atoms. The van der Waals surface area contributed by atoms with Gasteiger partial charge in [-0.2, -0.15) is 0 Å². The van der Waals surface area contributed by atoms with E-state index < -0.39 is 11.0 Å². The van der Waals surface area contributed by atoms with Crippen molar-refractivity contribution >= 4 is 17.3 Å². The van der Waals surface area contributed by atoms with E-state index >= 15 is 0 Å². The lowest BCUT2D eigenvalue weighted by Gasteiger charge is -2.39. The van der Waals surface area contributed by atoms with Gasteiger partial charge in [-0.1, -0.05) is 17.3 Å². The number of carbonyl (C=O) groups excluding carboxylic acids is 1. The molecule has 1 atom stereocenters. The first-order chi connectivity index (χ1) is 10.5. The molecule has 0 spiro atoms. The largest absolute Gasteiger partial charge is 0.382 e. The van der Waals surface area contributed by atoms with Crippen molar-refractivity contribution in [3.8, 4) is 0 Å². The molecule has 7 nitrogen and oxygen atoms in total. The van der Waals surface area contributed by atoms with Gasteiger partial charge in [0.1, 0.15) is 0 Å². The highest BCUT2D eigenvalue weighted by atomic mass is 16.6. The summed E-state index contributed by atoms with van der Waals surface area (Å²) in [5.41, 5.74) is 0.655. The van der Waals surface area contributed by atoms with Gasteiger partial charge in [0.05, 0.1) is 16.2 Å². The normalized spacial score (nSPS) is 22.2. The van der Waals surface area contributed by atoms with Crippen molar-refractivity contribution in [3.63, 3.8) is 0 Å². The molecule has 0 unspecified atom stereocenters. The second-order valence-corrected chi connectivity index (χ2v) is 6.01. The van der Waals surface area contributed by atoms with E-state index in [1.165, 1.54) is 6.07 Å². The first-order valence-electron chi connectivity index (χ1n) is 7.27. The molecule has 0 saturated heterocycles. The van der Waals surface area contributed by atoms with E-state index in [2.05, 4.69) is 10.5 Å². The highest BCUT2D eigenvalue weighted by Gasteiger charge is 2.38. The molecule has 1 aromatic rings. The second-order valence-electron chi connectivity index (χ2n) is 6.01. The zero-order valence-electron chi connectivity index (χ0n) is 12.2. The van der Waals surface area contributed by atoms with E-state index in [1.54, 1.807) is 18.2 Å². The molecule has 7 heteroatoms. The maximum atomic E-state index is 12.2. The molecule has 1 saturated carbocycles. The van der Waals surface area contributed by atoms with Gasteiger partial charge < -0.3 is 10.2 Å². The van der Waals surface area contributed by atoms with Gasteiger partial charge in [0.15, 0.2) is 0 Å². The third-order valence-electron chi connectivity index (χ3n) is 4.26. The molecular weight excluding hydrogens is 286 g/mol. The van der Waals surface area contributed by atoms with Crippen LogP contribution < -0.4 is 5.32 Å². The number of rotatable bonds is 4. The van der Waals surface area contributed by atoms with Crippen LogP contribution in [0, 0.1) is 10.1 Å². The van der Waals surface area contributed by atoms with Crippen molar-refractivity contribution in [2.75, 3.05) is 0 Å². The highest BCUT2D eigenvalue weighted by molar-refractivity contribution is 6.06. The Balaban J connectivity index is 1.69. The first kappa shape index (κ1) is 14.5. The number of para-hydroxylation sites is 1. The molecule has 116 valence electrons. The molecule has 1 N–H and O–H groups in total.